The molecule has 0 radical (unpaired) electrons. The quantitative estimate of drug-likeness (QED) is 0.581. The molecule has 4 nitrogen and oxygen atoms in total. The Morgan fingerprint density at radius 1 is 1.33 bits per heavy atom. The van der Waals surface area contributed by atoms with Crippen molar-refractivity contribution in [2.45, 2.75) is 38.6 Å². The third-order valence-corrected chi connectivity index (χ3v) is 3.91. The van der Waals surface area contributed by atoms with Crippen LogP contribution in [-0.2, 0) is 11.3 Å². The molecule has 1 atom stereocenters. The minimum atomic E-state index is -0.255. The fraction of sp³-hybridized carbons (Fsp3) is 0.500. The second-order valence-electron chi connectivity index (χ2n) is 4.87. The summed E-state index contributed by atoms with van der Waals surface area (Å²) in [5.74, 6) is 0.652. The summed E-state index contributed by atoms with van der Waals surface area (Å²) in [5, 5.41) is 0.382. The Morgan fingerprint density at radius 2 is 2.10 bits per heavy atom. The summed E-state index contributed by atoms with van der Waals surface area (Å²) in [7, 11) is 0. The van der Waals surface area contributed by atoms with E-state index in [1.807, 2.05) is 38.1 Å². The Morgan fingerprint density at radius 3 is 2.81 bits per heavy atom. The zero-order chi connectivity index (χ0) is 15.2. The highest BCUT2D eigenvalue weighted by molar-refractivity contribution is 6.20. The number of hydrogen-bond acceptors (Lipinski definition) is 3. The van der Waals surface area contributed by atoms with E-state index in [1.54, 1.807) is 4.57 Å². The van der Waals surface area contributed by atoms with E-state index in [-0.39, 0.29) is 10.9 Å². The van der Waals surface area contributed by atoms with Crippen molar-refractivity contribution >= 4 is 22.5 Å². The van der Waals surface area contributed by atoms with Gasteiger partial charge in [-0.3, -0.25) is 9.36 Å². The van der Waals surface area contributed by atoms with Gasteiger partial charge in [0.15, 0.2) is 0 Å². The first-order chi connectivity index (χ1) is 10.2. The minimum absolute atomic E-state index is 0.0220. The van der Waals surface area contributed by atoms with Crippen LogP contribution >= 0.6 is 11.6 Å². The van der Waals surface area contributed by atoms with Crippen molar-refractivity contribution in [2.24, 2.45) is 0 Å². The molecule has 0 saturated carbocycles. The van der Waals surface area contributed by atoms with Crippen molar-refractivity contribution in [1.29, 1.82) is 0 Å². The van der Waals surface area contributed by atoms with Gasteiger partial charge in [0.05, 0.1) is 16.3 Å². The van der Waals surface area contributed by atoms with Crippen LogP contribution in [0.1, 0.15) is 37.9 Å². The maximum Gasteiger partial charge on any atom is 0.261 e. The van der Waals surface area contributed by atoms with Crippen LogP contribution in [0.15, 0.2) is 29.1 Å². The molecule has 1 unspecified atom stereocenters. The number of ether oxygens (including phenoxy) is 1. The molecule has 0 aliphatic rings. The lowest BCUT2D eigenvalue weighted by Crippen LogP contribution is -2.26. The Balaban J connectivity index is 2.43. The first kappa shape index (κ1) is 16.0. The molecule has 114 valence electrons. The number of para-hydroxylation sites is 1. The highest BCUT2D eigenvalue weighted by Crippen LogP contribution is 2.22. The molecule has 0 bridgehead atoms. The van der Waals surface area contributed by atoms with Crippen molar-refractivity contribution in [2.75, 3.05) is 13.2 Å². The van der Waals surface area contributed by atoms with E-state index in [0.29, 0.717) is 36.5 Å². The van der Waals surface area contributed by atoms with E-state index in [9.17, 15) is 4.79 Å². The molecule has 21 heavy (non-hydrogen) atoms. The van der Waals surface area contributed by atoms with Crippen LogP contribution in [-0.4, -0.2) is 22.8 Å². The van der Waals surface area contributed by atoms with Gasteiger partial charge in [-0.25, -0.2) is 4.98 Å². The van der Waals surface area contributed by atoms with Crippen LogP contribution in [0.3, 0.4) is 0 Å². The van der Waals surface area contributed by atoms with E-state index in [2.05, 4.69) is 4.98 Å². The molecule has 0 N–H and O–H groups in total. The smallest absolute Gasteiger partial charge is 0.261 e. The lowest BCUT2D eigenvalue weighted by molar-refractivity contribution is 0.141. The zero-order valence-corrected chi connectivity index (χ0v) is 13.3. The Hall–Kier alpha value is -1.39. The molecule has 1 aromatic carbocycles. The van der Waals surface area contributed by atoms with Gasteiger partial charge in [0.2, 0.25) is 0 Å². The Bertz CT molecular complexity index is 654. The third-order valence-electron chi connectivity index (χ3n) is 3.40. The number of hydrogen-bond donors (Lipinski definition) is 0. The molecular weight excluding hydrogens is 288 g/mol. The van der Waals surface area contributed by atoms with E-state index in [4.69, 9.17) is 16.3 Å². The lowest BCUT2D eigenvalue weighted by atomic mass is 10.2. The fourth-order valence-electron chi connectivity index (χ4n) is 2.29. The summed E-state index contributed by atoms with van der Waals surface area (Å²) >= 11 is 6.35. The molecule has 0 saturated heterocycles. The number of rotatable bonds is 7. The molecule has 1 aromatic heterocycles. The van der Waals surface area contributed by atoms with Gasteiger partial charge < -0.3 is 4.74 Å². The number of aromatic nitrogens is 2. The average Bonchev–Trinajstić information content (AvgIpc) is 2.52. The van der Waals surface area contributed by atoms with Gasteiger partial charge in [0.25, 0.3) is 5.56 Å². The fourth-order valence-corrected chi connectivity index (χ4v) is 2.46. The van der Waals surface area contributed by atoms with Crippen molar-refractivity contribution in [3.05, 3.63) is 40.4 Å². The molecule has 2 rings (SSSR count). The summed E-state index contributed by atoms with van der Waals surface area (Å²) in [6.45, 7) is 5.85. The number of benzene rings is 1. The molecule has 0 aliphatic heterocycles. The summed E-state index contributed by atoms with van der Waals surface area (Å²) in [6, 6.07) is 7.40. The van der Waals surface area contributed by atoms with Crippen LogP contribution in [0.25, 0.3) is 10.9 Å². The van der Waals surface area contributed by atoms with Crippen molar-refractivity contribution < 1.29 is 4.74 Å². The van der Waals surface area contributed by atoms with Crippen molar-refractivity contribution in [3.8, 4) is 0 Å². The highest BCUT2D eigenvalue weighted by Gasteiger charge is 2.16. The second-order valence-corrected chi connectivity index (χ2v) is 5.40. The molecule has 0 amide bonds. The van der Waals surface area contributed by atoms with Gasteiger partial charge in [-0.05, 0) is 31.9 Å². The lowest BCUT2D eigenvalue weighted by Gasteiger charge is -2.16. The molecule has 1 heterocycles. The predicted octanol–water partition coefficient (Wildman–Crippen LogP) is 3.51. The Labute approximate surface area is 129 Å². The summed E-state index contributed by atoms with van der Waals surface area (Å²) in [4.78, 5) is 17.3. The molecule has 0 fully saturated rings. The van der Waals surface area contributed by atoms with Crippen LogP contribution in [0.4, 0.5) is 0 Å². The molecular formula is C16H21ClN2O2. The largest absolute Gasteiger partial charge is 0.382 e. The topological polar surface area (TPSA) is 44.1 Å². The van der Waals surface area contributed by atoms with E-state index in [0.717, 1.165) is 12.8 Å². The van der Waals surface area contributed by atoms with Crippen LogP contribution < -0.4 is 5.56 Å². The maximum absolute atomic E-state index is 12.7. The Kier molecular flexibility index (Phi) is 5.76. The van der Waals surface area contributed by atoms with E-state index >= 15 is 0 Å². The normalized spacial score (nSPS) is 12.7. The van der Waals surface area contributed by atoms with E-state index < -0.39 is 0 Å². The molecule has 5 heteroatoms. The number of alkyl halides is 1. The standard InChI is InChI=1S/C16H21ClN2O2/c1-3-13(17)15-18-14-9-6-5-8-12(14)16(20)19(15)10-7-11-21-4-2/h5-6,8-9,13H,3-4,7,10-11H2,1-2H3. The van der Waals surface area contributed by atoms with Crippen LogP contribution in [0, 0.1) is 0 Å². The summed E-state index contributed by atoms with van der Waals surface area (Å²) in [5.41, 5.74) is 0.684. The van der Waals surface area contributed by atoms with Gasteiger partial charge in [0, 0.05) is 19.8 Å². The predicted molar refractivity (Wildman–Crippen MR) is 86.0 cm³/mol. The number of nitrogens with zero attached hydrogens (tertiary/aromatic N) is 2. The second kappa shape index (κ2) is 7.57. The first-order valence-electron chi connectivity index (χ1n) is 7.40. The molecule has 2 aromatic rings. The monoisotopic (exact) mass is 308 g/mol. The van der Waals surface area contributed by atoms with Gasteiger partial charge in [-0.1, -0.05) is 19.1 Å². The molecule has 0 aliphatic carbocycles. The summed E-state index contributed by atoms with van der Waals surface area (Å²) < 4.78 is 7.04. The summed E-state index contributed by atoms with van der Waals surface area (Å²) in [6.07, 6.45) is 1.51. The maximum atomic E-state index is 12.7. The molecule has 0 spiro atoms. The third kappa shape index (κ3) is 3.63. The van der Waals surface area contributed by atoms with Gasteiger partial charge >= 0.3 is 0 Å². The number of fused-ring (bicyclic) bond motifs is 1. The number of halogens is 1. The average molecular weight is 309 g/mol. The highest BCUT2D eigenvalue weighted by atomic mass is 35.5. The van der Waals surface area contributed by atoms with Gasteiger partial charge in [0.1, 0.15) is 5.82 Å². The van der Waals surface area contributed by atoms with Gasteiger partial charge in [-0.15, -0.1) is 11.6 Å². The van der Waals surface area contributed by atoms with Crippen molar-refractivity contribution in [1.82, 2.24) is 9.55 Å². The van der Waals surface area contributed by atoms with Crippen LogP contribution in [0.5, 0.6) is 0 Å². The first-order valence-corrected chi connectivity index (χ1v) is 7.84. The minimum Gasteiger partial charge on any atom is -0.382 e. The van der Waals surface area contributed by atoms with Gasteiger partial charge in [-0.2, -0.15) is 0 Å². The van der Waals surface area contributed by atoms with Crippen LogP contribution in [0.2, 0.25) is 0 Å². The van der Waals surface area contributed by atoms with Crippen molar-refractivity contribution in [3.63, 3.8) is 0 Å². The van der Waals surface area contributed by atoms with E-state index in [1.165, 1.54) is 0 Å². The SMILES string of the molecule is CCOCCCn1c(C(Cl)CC)nc2ccccc2c1=O. The zero-order valence-electron chi connectivity index (χ0n) is 12.5.